The maximum absolute atomic E-state index is 11.8. The third kappa shape index (κ3) is 6.40. The van der Waals surface area contributed by atoms with Crippen molar-refractivity contribution in [3.05, 3.63) is 52.1 Å². The number of thioether (sulfide) groups is 1. The van der Waals surface area contributed by atoms with Crippen LogP contribution in [-0.4, -0.2) is 30.4 Å². The smallest absolute Gasteiger partial charge is 0.234 e. The number of amides is 2. The lowest BCUT2D eigenvalue weighted by molar-refractivity contribution is -0.114. The Morgan fingerprint density at radius 3 is 1.83 bits per heavy atom. The maximum Gasteiger partial charge on any atom is 0.234 e. The molecule has 0 radical (unpaired) electrons. The van der Waals surface area contributed by atoms with Crippen molar-refractivity contribution in [2.75, 3.05) is 29.2 Å². The highest BCUT2D eigenvalue weighted by molar-refractivity contribution is 14.1. The van der Waals surface area contributed by atoms with Gasteiger partial charge < -0.3 is 15.4 Å². The molecule has 0 aromatic heterocycles. The van der Waals surface area contributed by atoms with Gasteiger partial charge in [0.05, 0.1) is 18.6 Å². The largest absolute Gasteiger partial charge is 0.497 e. The molecule has 5 nitrogen and oxygen atoms in total. The Labute approximate surface area is 158 Å². The molecule has 2 amide bonds. The van der Waals surface area contributed by atoms with Crippen LogP contribution in [0.3, 0.4) is 0 Å². The minimum Gasteiger partial charge on any atom is -0.497 e. The number of hydrogen-bond donors (Lipinski definition) is 2. The van der Waals surface area contributed by atoms with E-state index >= 15 is 0 Å². The maximum atomic E-state index is 11.8. The number of benzene rings is 2. The van der Waals surface area contributed by atoms with E-state index in [9.17, 15) is 9.59 Å². The van der Waals surface area contributed by atoms with Crippen molar-refractivity contribution in [2.45, 2.75) is 0 Å². The van der Waals surface area contributed by atoms with Gasteiger partial charge in [-0.25, -0.2) is 0 Å². The first-order valence-electron chi connectivity index (χ1n) is 7.14. The molecule has 0 aliphatic carbocycles. The van der Waals surface area contributed by atoms with Crippen LogP contribution >= 0.6 is 34.4 Å². The zero-order valence-electron chi connectivity index (χ0n) is 13.0. The summed E-state index contributed by atoms with van der Waals surface area (Å²) in [6.45, 7) is 0. The number of hydrogen-bond acceptors (Lipinski definition) is 4. The average molecular weight is 456 g/mol. The van der Waals surface area contributed by atoms with Crippen molar-refractivity contribution in [3.63, 3.8) is 0 Å². The molecule has 0 saturated heterocycles. The Morgan fingerprint density at radius 2 is 1.38 bits per heavy atom. The molecule has 126 valence electrons. The van der Waals surface area contributed by atoms with Gasteiger partial charge in [-0.2, -0.15) is 0 Å². The first-order valence-corrected chi connectivity index (χ1v) is 9.37. The summed E-state index contributed by atoms with van der Waals surface area (Å²) in [4.78, 5) is 23.7. The van der Waals surface area contributed by atoms with Crippen LogP contribution in [0, 0.1) is 3.57 Å². The topological polar surface area (TPSA) is 67.4 Å². The molecule has 2 aromatic carbocycles. The van der Waals surface area contributed by atoms with Crippen LogP contribution in [0.1, 0.15) is 0 Å². The summed E-state index contributed by atoms with van der Waals surface area (Å²) in [7, 11) is 1.59. The lowest BCUT2D eigenvalue weighted by Gasteiger charge is -2.07. The quantitative estimate of drug-likeness (QED) is 0.625. The van der Waals surface area contributed by atoms with Crippen LogP contribution in [0.5, 0.6) is 5.75 Å². The zero-order valence-corrected chi connectivity index (χ0v) is 16.0. The van der Waals surface area contributed by atoms with Crippen LogP contribution in [0.25, 0.3) is 0 Å². The van der Waals surface area contributed by atoms with Gasteiger partial charge in [-0.15, -0.1) is 11.8 Å². The van der Waals surface area contributed by atoms with E-state index in [1.807, 2.05) is 24.3 Å². The monoisotopic (exact) mass is 456 g/mol. The third-order valence-electron chi connectivity index (χ3n) is 2.97. The summed E-state index contributed by atoms with van der Waals surface area (Å²) in [6, 6.07) is 14.6. The van der Waals surface area contributed by atoms with Gasteiger partial charge in [0.15, 0.2) is 0 Å². The van der Waals surface area contributed by atoms with Crippen LogP contribution in [0.4, 0.5) is 11.4 Å². The van der Waals surface area contributed by atoms with Gasteiger partial charge in [0.1, 0.15) is 5.75 Å². The molecule has 24 heavy (non-hydrogen) atoms. The third-order valence-corrected chi connectivity index (χ3v) is 4.62. The van der Waals surface area contributed by atoms with Crippen LogP contribution < -0.4 is 15.4 Å². The highest BCUT2D eigenvalue weighted by Crippen LogP contribution is 2.15. The number of anilines is 2. The fourth-order valence-electron chi connectivity index (χ4n) is 1.84. The summed E-state index contributed by atoms with van der Waals surface area (Å²) in [6.07, 6.45) is 0. The van der Waals surface area contributed by atoms with Gasteiger partial charge in [0.2, 0.25) is 11.8 Å². The van der Waals surface area contributed by atoms with Gasteiger partial charge in [-0.1, -0.05) is 0 Å². The molecule has 0 spiro atoms. The summed E-state index contributed by atoms with van der Waals surface area (Å²) in [5.74, 6) is 0.897. The Bertz CT molecular complexity index is 690. The summed E-state index contributed by atoms with van der Waals surface area (Å²) in [5.41, 5.74) is 1.45. The normalized spacial score (nSPS) is 10.1. The van der Waals surface area contributed by atoms with E-state index in [0.29, 0.717) is 5.69 Å². The van der Waals surface area contributed by atoms with Gasteiger partial charge in [-0.05, 0) is 71.1 Å². The van der Waals surface area contributed by atoms with Crippen molar-refractivity contribution in [1.29, 1.82) is 0 Å². The van der Waals surface area contributed by atoms with E-state index in [4.69, 9.17) is 4.74 Å². The first kappa shape index (κ1) is 18.6. The SMILES string of the molecule is COc1ccc(NC(=O)CSCC(=O)Nc2ccc(I)cc2)cc1. The Balaban J connectivity index is 1.69. The van der Waals surface area contributed by atoms with E-state index in [2.05, 4.69) is 33.2 Å². The average Bonchev–Trinajstić information content (AvgIpc) is 2.57. The number of nitrogens with one attached hydrogen (secondary N) is 2. The Morgan fingerprint density at radius 1 is 0.917 bits per heavy atom. The van der Waals surface area contributed by atoms with E-state index < -0.39 is 0 Å². The highest BCUT2D eigenvalue weighted by atomic mass is 127. The van der Waals surface area contributed by atoms with Gasteiger partial charge in [0.25, 0.3) is 0 Å². The number of rotatable bonds is 7. The molecule has 7 heteroatoms. The molecule has 2 aromatic rings. The van der Waals surface area contributed by atoms with Crippen molar-refractivity contribution in [2.24, 2.45) is 0 Å². The molecule has 2 rings (SSSR count). The fourth-order valence-corrected chi connectivity index (χ4v) is 2.81. The van der Waals surface area contributed by atoms with Crippen molar-refractivity contribution >= 4 is 57.5 Å². The standard InChI is InChI=1S/C17H17IN2O3S/c1-23-15-8-6-14(7-9-15)20-17(22)11-24-10-16(21)19-13-4-2-12(18)3-5-13/h2-9H,10-11H2,1H3,(H,19,21)(H,20,22). The first-order chi connectivity index (χ1) is 11.6. The van der Waals surface area contributed by atoms with Crippen molar-refractivity contribution in [3.8, 4) is 5.75 Å². The van der Waals surface area contributed by atoms with E-state index in [0.717, 1.165) is 15.0 Å². The van der Waals surface area contributed by atoms with Crippen LogP contribution in [-0.2, 0) is 9.59 Å². The Hall–Kier alpha value is -1.74. The zero-order chi connectivity index (χ0) is 17.4. The van der Waals surface area contributed by atoms with Gasteiger partial charge >= 0.3 is 0 Å². The molecule has 0 heterocycles. The van der Waals surface area contributed by atoms with Crippen molar-refractivity contribution < 1.29 is 14.3 Å². The summed E-state index contributed by atoms with van der Waals surface area (Å²) in [5, 5.41) is 5.57. The molecular formula is C17H17IN2O3S. The molecule has 0 unspecified atom stereocenters. The summed E-state index contributed by atoms with van der Waals surface area (Å²) >= 11 is 3.47. The number of ether oxygens (including phenoxy) is 1. The minimum atomic E-state index is -0.146. The van der Waals surface area contributed by atoms with Crippen LogP contribution in [0.2, 0.25) is 0 Å². The number of methoxy groups -OCH3 is 1. The molecule has 0 aliphatic rings. The number of halogens is 1. The van der Waals surface area contributed by atoms with Crippen molar-refractivity contribution in [1.82, 2.24) is 0 Å². The second-order valence-corrected chi connectivity index (χ2v) is 7.06. The van der Waals surface area contributed by atoms with Gasteiger partial charge in [0, 0.05) is 14.9 Å². The lowest BCUT2D eigenvalue weighted by Crippen LogP contribution is -2.18. The second-order valence-electron chi connectivity index (χ2n) is 4.82. The molecule has 2 N–H and O–H groups in total. The molecule has 0 atom stereocenters. The summed E-state index contributed by atoms with van der Waals surface area (Å²) < 4.78 is 6.17. The van der Waals surface area contributed by atoms with E-state index in [-0.39, 0.29) is 23.3 Å². The molecule has 0 saturated carbocycles. The highest BCUT2D eigenvalue weighted by Gasteiger charge is 2.07. The molecule has 0 bridgehead atoms. The Kier molecular flexibility index (Phi) is 7.38. The number of carbonyl (C=O) groups excluding carboxylic acids is 2. The minimum absolute atomic E-state index is 0.126. The fraction of sp³-hybridized carbons (Fsp3) is 0.176. The molecule has 0 fully saturated rings. The van der Waals surface area contributed by atoms with E-state index in [1.165, 1.54) is 11.8 Å². The van der Waals surface area contributed by atoms with E-state index in [1.54, 1.807) is 31.4 Å². The van der Waals surface area contributed by atoms with Crippen LogP contribution in [0.15, 0.2) is 48.5 Å². The lowest BCUT2D eigenvalue weighted by atomic mass is 10.3. The van der Waals surface area contributed by atoms with Gasteiger partial charge in [-0.3, -0.25) is 9.59 Å². The predicted molar refractivity (Wildman–Crippen MR) is 107 cm³/mol. The number of carbonyl (C=O) groups is 2. The predicted octanol–water partition coefficient (Wildman–Crippen LogP) is 3.61. The second kappa shape index (κ2) is 9.53. The molecular weight excluding hydrogens is 439 g/mol. The molecule has 0 aliphatic heterocycles.